The van der Waals surface area contributed by atoms with E-state index < -0.39 is 5.97 Å². The van der Waals surface area contributed by atoms with Gasteiger partial charge in [-0.05, 0) is 6.92 Å². The van der Waals surface area contributed by atoms with Crippen molar-refractivity contribution in [2.75, 3.05) is 19.7 Å². The van der Waals surface area contributed by atoms with E-state index in [0.29, 0.717) is 6.54 Å². The van der Waals surface area contributed by atoms with Crippen molar-refractivity contribution in [2.45, 2.75) is 59.4 Å². The quantitative estimate of drug-likeness (QED) is 0.659. The van der Waals surface area contributed by atoms with E-state index in [2.05, 4.69) is 33.0 Å². The van der Waals surface area contributed by atoms with Crippen molar-refractivity contribution in [1.29, 1.82) is 0 Å². The van der Waals surface area contributed by atoms with Crippen LogP contribution in [0.15, 0.2) is 0 Å². The number of nitrogens with one attached hydrogen (secondary N) is 1. The maximum atomic E-state index is 10.0. The molecular weight excluding hydrogens is 375 g/mol. The fourth-order valence-electron chi connectivity index (χ4n) is 0.389. The maximum absolute atomic E-state index is 10.0. The first-order chi connectivity index (χ1) is 9.37. The SMILES string of the molecule is CC(C[O])NCCN.CC([O])=O.[CH2]CCC.[CH2]CCC.[Sn]. The molecule has 126 valence electrons. The van der Waals surface area contributed by atoms with Crippen LogP contribution in [0.3, 0.4) is 0 Å². The molecule has 0 aliphatic heterocycles. The number of hydrogen-bond acceptors (Lipinski definition) is 3. The van der Waals surface area contributed by atoms with E-state index in [0.717, 1.165) is 26.3 Å². The molecule has 0 spiro atoms. The standard InChI is InChI=1S/C5H13N2O.2C4H9.C2H3O2.Sn/c1-5(4-8)7-3-2-6;2*1-3-4-2;1-2(3)4;/h5,7H,2-4,6H2,1H3;2*1,3-4H2,2H3;1H3;. The summed E-state index contributed by atoms with van der Waals surface area (Å²) in [5, 5.41) is 21.9. The van der Waals surface area contributed by atoms with Gasteiger partial charge in [0.05, 0.1) is 6.61 Å². The fourth-order valence-corrected chi connectivity index (χ4v) is 0.389. The van der Waals surface area contributed by atoms with E-state index in [9.17, 15) is 5.11 Å². The zero-order valence-corrected chi connectivity index (χ0v) is 17.1. The minimum atomic E-state index is -1.08. The minimum absolute atomic E-state index is 0. The predicted octanol–water partition coefficient (Wildman–Crippen LogP) is 2.18. The van der Waals surface area contributed by atoms with Crippen LogP contribution < -0.4 is 11.1 Å². The van der Waals surface area contributed by atoms with E-state index in [-0.39, 0.29) is 36.6 Å². The molecule has 1 unspecified atom stereocenters. The number of nitrogens with two attached hydrogens (primary N) is 1. The Balaban J connectivity index is -0.0000000570. The second kappa shape index (κ2) is 36.9. The van der Waals surface area contributed by atoms with Gasteiger partial charge in [-0.1, -0.05) is 53.4 Å². The molecule has 0 saturated heterocycles. The Morgan fingerprint density at radius 1 is 1.19 bits per heavy atom. The molecule has 0 aromatic rings. The van der Waals surface area contributed by atoms with Gasteiger partial charge in [-0.15, -0.1) is 0 Å². The molecular formula is C15H34N2O3Sn. The molecule has 6 heteroatoms. The number of carbonyl (C=O) groups excluding carboxylic acids is 1. The molecule has 1 atom stereocenters. The molecule has 8 radical (unpaired) electrons. The molecule has 0 amide bonds. The van der Waals surface area contributed by atoms with Crippen molar-refractivity contribution < 1.29 is 15.0 Å². The summed E-state index contributed by atoms with van der Waals surface area (Å²) in [7, 11) is 0. The molecule has 0 heterocycles. The molecule has 0 aliphatic carbocycles. The van der Waals surface area contributed by atoms with E-state index in [1.807, 2.05) is 6.92 Å². The summed E-state index contributed by atoms with van der Waals surface area (Å²) in [4.78, 5) is 8.89. The summed E-state index contributed by atoms with van der Waals surface area (Å²) in [6.45, 7) is 15.5. The van der Waals surface area contributed by atoms with Gasteiger partial charge in [-0.2, -0.15) is 0 Å². The van der Waals surface area contributed by atoms with E-state index in [1.54, 1.807) is 0 Å². The molecule has 21 heavy (non-hydrogen) atoms. The van der Waals surface area contributed by atoms with Gasteiger partial charge in [0.2, 0.25) is 0 Å². The Morgan fingerprint density at radius 3 is 1.62 bits per heavy atom. The van der Waals surface area contributed by atoms with E-state index in [1.165, 1.54) is 12.8 Å². The number of hydrogen-bond donors (Lipinski definition) is 2. The first kappa shape index (κ1) is 32.9. The zero-order valence-electron chi connectivity index (χ0n) is 14.2. The van der Waals surface area contributed by atoms with Crippen LogP contribution in [0, 0.1) is 13.8 Å². The van der Waals surface area contributed by atoms with Crippen LogP contribution >= 0.6 is 0 Å². The number of carbonyl (C=O) groups is 1. The van der Waals surface area contributed by atoms with E-state index in [4.69, 9.17) is 15.6 Å². The van der Waals surface area contributed by atoms with Gasteiger partial charge in [0, 0.05) is 50.0 Å². The van der Waals surface area contributed by atoms with Gasteiger partial charge in [0.15, 0.2) is 0 Å². The third kappa shape index (κ3) is 99.9. The van der Waals surface area contributed by atoms with Crippen molar-refractivity contribution in [3.8, 4) is 0 Å². The number of unbranched alkanes of at least 4 members (excludes halogenated alkanes) is 2. The van der Waals surface area contributed by atoms with Crippen LogP contribution in [0.1, 0.15) is 53.4 Å². The van der Waals surface area contributed by atoms with Crippen LogP contribution in [-0.4, -0.2) is 55.6 Å². The second-order valence-electron chi connectivity index (χ2n) is 4.01. The van der Waals surface area contributed by atoms with Crippen molar-refractivity contribution in [2.24, 2.45) is 5.73 Å². The topological polar surface area (TPSA) is 94.9 Å². The van der Waals surface area contributed by atoms with Crippen molar-refractivity contribution in [1.82, 2.24) is 5.32 Å². The average molecular weight is 409 g/mol. The van der Waals surface area contributed by atoms with Gasteiger partial charge >= 0.3 is 5.97 Å². The number of rotatable bonds is 6. The molecule has 3 N–H and O–H groups in total. The van der Waals surface area contributed by atoms with Crippen LogP contribution in [0.5, 0.6) is 0 Å². The Morgan fingerprint density at radius 2 is 1.48 bits per heavy atom. The first-order valence-corrected chi connectivity index (χ1v) is 7.15. The smallest absolute Gasteiger partial charge is 0.329 e. The van der Waals surface area contributed by atoms with Gasteiger partial charge in [-0.25, -0.2) is 15.0 Å². The second-order valence-corrected chi connectivity index (χ2v) is 4.01. The summed E-state index contributed by atoms with van der Waals surface area (Å²) < 4.78 is 0. The minimum Gasteiger partial charge on any atom is -0.329 e. The Hall–Kier alpha value is 0.149. The van der Waals surface area contributed by atoms with Gasteiger partial charge in [0.25, 0.3) is 0 Å². The molecule has 0 aromatic heterocycles. The Labute approximate surface area is 149 Å². The molecule has 0 saturated carbocycles. The molecule has 5 nitrogen and oxygen atoms in total. The first-order valence-electron chi connectivity index (χ1n) is 7.15. The molecule has 0 rings (SSSR count). The van der Waals surface area contributed by atoms with Crippen LogP contribution in [-0.2, 0) is 15.0 Å². The summed E-state index contributed by atoms with van der Waals surface area (Å²) >= 11 is 0. The van der Waals surface area contributed by atoms with Crippen molar-refractivity contribution >= 4 is 29.9 Å². The van der Waals surface area contributed by atoms with Crippen LogP contribution in [0.2, 0.25) is 0 Å². The van der Waals surface area contributed by atoms with Gasteiger partial charge in [0.1, 0.15) is 0 Å². The summed E-state index contributed by atoms with van der Waals surface area (Å²) in [5.41, 5.74) is 5.17. The van der Waals surface area contributed by atoms with Crippen molar-refractivity contribution in [3.05, 3.63) is 13.8 Å². The summed E-state index contributed by atoms with van der Waals surface area (Å²) in [6.07, 6.45) is 4.56. The largest absolute Gasteiger partial charge is 0.352 e. The van der Waals surface area contributed by atoms with E-state index >= 15 is 0 Å². The molecule has 0 aliphatic rings. The zero-order chi connectivity index (χ0) is 16.8. The molecule has 0 bridgehead atoms. The van der Waals surface area contributed by atoms with Gasteiger partial charge < -0.3 is 11.1 Å². The van der Waals surface area contributed by atoms with Crippen molar-refractivity contribution in [3.63, 3.8) is 0 Å². The predicted molar refractivity (Wildman–Crippen MR) is 89.7 cm³/mol. The summed E-state index contributed by atoms with van der Waals surface area (Å²) in [6, 6.07) is 0.0681. The molecule has 0 aromatic carbocycles. The monoisotopic (exact) mass is 410 g/mol. The Kier molecular flexibility index (Phi) is 57.9. The third-order valence-corrected chi connectivity index (χ3v) is 1.59. The molecule has 0 fully saturated rings. The van der Waals surface area contributed by atoms with Crippen LogP contribution in [0.4, 0.5) is 0 Å². The normalized spacial score (nSPS) is 9.33. The van der Waals surface area contributed by atoms with Gasteiger partial charge in [-0.3, -0.25) is 0 Å². The summed E-state index contributed by atoms with van der Waals surface area (Å²) in [5.74, 6) is -1.08. The third-order valence-electron chi connectivity index (χ3n) is 1.59. The fraction of sp³-hybridized carbons (Fsp3) is 0.800. The maximum Gasteiger partial charge on any atom is 0.352 e. The average Bonchev–Trinajstić information content (AvgIpc) is 2.44. The Bertz CT molecular complexity index is 150. The van der Waals surface area contributed by atoms with Crippen LogP contribution in [0.25, 0.3) is 0 Å².